The van der Waals surface area contributed by atoms with Crippen LogP contribution in [-0.2, 0) is 10.0 Å². The number of hydrogen-bond acceptors (Lipinski definition) is 4. The van der Waals surface area contributed by atoms with Crippen molar-refractivity contribution in [1.82, 2.24) is 4.98 Å². The lowest BCUT2D eigenvalue weighted by atomic mass is 10.1. The van der Waals surface area contributed by atoms with Gasteiger partial charge in [-0.2, -0.15) is 0 Å². The van der Waals surface area contributed by atoms with Crippen molar-refractivity contribution in [3.05, 3.63) is 90.0 Å². The molecule has 1 N–H and O–H groups in total. The molecule has 6 heteroatoms. The topological polar surface area (TPSA) is 59.1 Å². The summed E-state index contributed by atoms with van der Waals surface area (Å²) in [5, 5.41) is 0.347. The second-order valence-electron chi connectivity index (χ2n) is 6.85. The van der Waals surface area contributed by atoms with Crippen molar-refractivity contribution in [2.75, 3.05) is 4.72 Å². The van der Waals surface area contributed by atoms with E-state index in [1.54, 1.807) is 24.3 Å². The first kappa shape index (κ1) is 19.4. The van der Waals surface area contributed by atoms with E-state index < -0.39 is 10.0 Å². The molecule has 0 aliphatic carbocycles. The molecule has 1 heterocycles. The normalized spacial score (nSPS) is 11.4. The van der Waals surface area contributed by atoms with Gasteiger partial charge >= 0.3 is 0 Å². The second-order valence-corrected chi connectivity index (χ2v) is 9.53. The first-order chi connectivity index (χ1) is 13.9. The Morgan fingerprint density at radius 3 is 1.97 bits per heavy atom. The van der Waals surface area contributed by atoms with E-state index in [2.05, 4.69) is 9.71 Å². The van der Waals surface area contributed by atoms with Gasteiger partial charge in [0.25, 0.3) is 10.0 Å². The first-order valence-electron chi connectivity index (χ1n) is 9.15. The Labute approximate surface area is 175 Å². The van der Waals surface area contributed by atoms with Crippen molar-refractivity contribution in [2.45, 2.75) is 18.7 Å². The number of benzene rings is 3. The van der Waals surface area contributed by atoms with Crippen LogP contribution >= 0.6 is 11.3 Å². The van der Waals surface area contributed by atoms with Gasteiger partial charge in [0.2, 0.25) is 0 Å². The Balaban J connectivity index is 1.77. The van der Waals surface area contributed by atoms with Gasteiger partial charge in [-0.1, -0.05) is 89.2 Å². The van der Waals surface area contributed by atoms with Crippen LogP contribution in [-0.4, -0.2) is 13.4 Å². The summed E-state index contributed by atoms with van der Waals surface area (Å²) in [5.41, 5.74) is 4.88. The maximum absolute atomic E-state index is 12.8. The lowest BCUT2D eigenvalue weighted by molar-refractivity contribution is 0.601. The van der Waals surface area contributed by atoms with Crippen molar-refractivity contribution in [2.24, 2.45) is 0 Å². The van der Waals surface area contributed by atoms with Crippen LogP contribution in [0.3, 0.4) is 0 Å². The zero-order valence-electron chi connectivity index (χ0n) is 16.1. The summed E-state index contributed by atoms with van der Waals surface area (Å²) in [5.74, 6) is 0. The minimum atomic E-state index is -3.71. The lowest BCUT2D eigenvalue weighted by Gasteiger charge is -2.05. The summed E-state index contributed by atoms with van der Waals surface area (Å²) in [6.45, 7) is 3.95. The fourth-order valence-corrected chi connectivity index (χ4v) is 5.18. The van der Waals surface area contributed by atoms with E-state index in [9.17, 15) is 8.42 Å². The Morgan fingerprint density at radius 1 is 0.759 bits per heavy atom. The third-order valence-electron chi connectivity index (χ3n) is 4.54. The average Bonchev–Trinajstić information content (AvgIpc) is 3.12. The number of anilines is 1. The molecule has 146 valence electrons. The number of aromatic nitrogens is 1. The minimum Gasteiger partial charge on any atom is -0.255 e. The van der Waals surface area contributed by atoms with E-state index in [0.29, 0.717) is 5.13 Å². The van der Waals surface area contributed by atoms with Crippen molar-refractivity contribution in [1.29, 1.82) is 0 Å². The molecule has 0 unspecified atom stereocenters. The summed E-state index contributed by atoms with van der Waals surface area (Å²) in [7, 11) is -3.71. The quantitative estimate of drug-likeness (QED) is 0.438. The third-order valence-corrected chi connectivity index (χ3v) is 7.05. The molecule has 3 aromatic carbocycles. The molecule has 0 saturated heterocycles. The third kappa shape index (κ3) is 4.23. The van der Waals surface area contributed by atoms with E-state index in [4.69, 9.17) is 0 Å². The van der Waals surface area contributed by atoms with E-state index in [1.165, 1.54) is 11.3 Å². The molecular formula is C23H20N2O2S2. The Morgan fingerprint density at radius 2 is 1.34 bits per heavy atom. The minimum absolute atomic E-state index is 0.219. The molecule has 4 aromatic rings. The standard InChI is InChI=1S/C23H20N2O2S2/c1-16-8-12-18(13-9-16)21-22(19-6-4-3-5-7-19)28-23(24-21)25-29(26,27)20-14-10-17(2)11-15-20/h3-15H,1-2H3,(H,24,25). The van der Waals surface area contributed by atoms with Crippen LogP contribution < -0.4 is 4.72 Å². The molecule has 0 aliphatic heterocycles. The number of sulfonamides is 1. The first-order valence-corrected chi connectivity index (χ1v) is 11.5. The zero-order chi connectivity index (χ0) is 20.4. The zero-order valence-corrected chi connectivity index (χ0v) is 17.7. The summed E-state index contributed by atoms with van der Waals surface area (Å²) in [6, 6.07) is 24.7. The SMILES string of the molecule is Cc1ccc(-c2nc(NS(=O)(=O)c3ccc(C)cc3)sc2-c2ccccc2)cc1. The van der Waals surface area contributed by atoms with Gasteiger partial charge in [-0.15, -0.1) is 0 Å². The number of nitrogens with zero attached hydrogens (tertiary/aromatic N) is 1. The van der Waals surface area contributed by atoms with Crippen LogP contribution in [0.15, 0.2) is 83.8 Å². The number of aryl methyl sites for hydroxylation is 2. The lowest BCUT2D eigenvalue weighted by Crippen LogP contribution is -2.12. The van der Waals surface area contributed by atoms with Gasteiger partial charge in [0, 0.05) is 5.56 Å². The summed E-state index contributed by atoms with van der Waals surface area (Å²) in [4.78, 5) is 5.79. The van der Waals surface area contributed by atoms with Crippen LogP contribution in [0.4, 0.5) is 5.13 Å². The molecule has 0 amide bonds. The Kier molecular flexibility index (Phi) is 5.22. The largest absolute Gasteiger partial charge is 0.263 e. The molecule has 0 bridgehead atoms. The highest BCUT2D eigenvalue weighted by Gasteiger charge is 2.20. The van der Waals surface area contributed by atoms with Gasteiger partial charge in [0.05, 0.1) is 15.5 Å². The fraction of sp³-hybridized carbons (Fsp3) is 0.0870. The number of thiazole rings is 1. The highest BCUT2D eigenvalue weighted by molar-refractivity contribution is 7.93. The predicted molar refractivity (Wildman–Crippen MR) is 120 cm³/mol. The number of nitrogens with one attached hydrogen (secondary N) is 1. The van der Waals surface area contributed by atoms with Gasteiger partial charge in [-0.05, 0) is 31.5 Å². The number of hydrogen-bond donors (Lipinski definition) is 1. The fourth-order valence-electron chi connectivity index (χ4n) is 2.95. The number of rotatable bonds is 5. The Hall–Kier alpha value is -2.96. The molecule has 0 aliphatic rings. The van der Waals surface area contributed by atoms with Crippen LogP contribution in [0.1, 0.15) is 11.1 Å². The van der Waals surface area contributed by atoms with Gasteiger partial charge in [0.1, 0.15) is 0 Å². The maximum atomic E-state index is 12.8. The summed E-state index contributed by atoms with van der Waals surface area (Å²) < 4.78 is 28.3. The van der Waals surface area contributed by atoms with E-state index in [0.717, 1.165) is 32.8 Å². The van der Waals surface area contributed by atoms with Crippen LogP contribution in [0.2, 0.25) is 0 Å². The molecule has 4 nitrogen and oxygen atoms in total. The Bertz CT molecular complexity index is 1230. The highest BCUT2D eigenvalue weighted by atomic mass is 32.2. The summed E-state index contributed by atoms with van der Waals surface area (Å²) in [6.07, 6.45) is 0. The monoisotopic (exact) mass is 420 g/mol. The molecular weight excluding hydrogens is 400 g/mol. The molecule has 1 aromatic heterocycles. The van der Waals surface area contributed by atoms with Crippen molar-refractivity contribution >= 4 is 26.5 Å². The van der Waals surface area contributed by atoms with Crippen LogP contribution in [0, 0.1) is 13.8 Å². The molecule has 0 fully saturated rings. The molecule has 4 rings (SSSR count). The molecule has 29 heavy (non-hydrogen) atoms. The summed E-state index contributed by atoms with van der Waals surface area (Å²) >= 11 is 1.33. The van der Waals surface area contributed by atoms with Crippen LogP contribution in [0.25, 0.3) is 21.7 Å². The van der Waals surface area contributed by atoms with E-state index in [1.807, 2.05) is 68.4 Å². The molecule has 0 spiro atoms. The second kappa shape index (κ2) is 7.81. The smallest absolute Gasteiger partial charge is 0.255 e. The van der Waals surface area contributed by atoms with Gasteiger partial charge < -0.3 is 0 Å². The molecule has 0 atom stereocenters. The molecule has 0 saturated carbocycles. The van der Waals surface area contributed by atoms with E-state index >= 15 is 0 Å². The van der Waals surface area contributed by atoms with Gasteiger partial charge in [0.15, 0.2) is 5.13 Å². The average molecular weight is 421 g/mol. The van der Waals surface area contributed by atoms with Crippen LogP contribution in [0.5, 0.6) is 0 Å². The molecule has 0 radical (unpaired) electrons. The highest BCUT2D eigenvalue weighted by Crippen LogP contribution is 2.39. The van der Waals surface area contributed by atoms with Crippen molar-refractivity contribution in [3.63, 3.8) is 0 Å². The maximum Gasteiger partial charge on any atom is 0.263 e. The van der Waals surface area contributed by atoms with E-state index in [-0.39, 0.29) is 4.90 Å². The van der Waals surface area contributed by atoms with Crippen molar-refractivity contribution < 1.29 is 8.42 Å². The van der Waals surface area contributed by atoms with Gasteiger partial charge in [-0.25, -0.2) is 13.4 Å². The predicted octanol–water partition coefficient (Wildman–Crippen LogP) is 5.89. The van der Waals surface area contributed by atoms with Gasteiger partial charge in [-0.3, -0.25) is 4.72 Å². The van der Waals surface area contributed by atoms with Crippen molar-refractivity contribution in [3.8, 4) is 21.7 Å².